The number of carbonyl (C=O) groups excluding carboxylic acids is 1. The van der Waals surface area contributed by atoms with Gasteiger partial charge in [-0.05, 0) is 49.2 Å². The third kappa shape index (κ3) is 8.64. The van der Waals surface area contributed by atoms with Gasteiger partial charge in [-0.25, -0.2) is 4.39 Å². The van der Waals surface area contributed by atoms with E-state index in [1.165, 1.54) is 18.2 Å². The summed E-state index contributed by atoms with van der Waals surface area (Å²) in [4.78, 5) is 16.8. The van der Waals surface area contributed by atoms with Crippen molar-refractivity contribution in [2.45, 2.75) is 56.5 Å². The van der Waals surface area contributed by atoms with Crippen molar-refractivity contribution in [2.24, 2.45) is 10.7 Å². The molecule has 0 aliphatic heterocycles. The molecule has 6 nitrogen and oxygen atoms in total. The fourth-order valence-electron chi connectivity index (χ4n) is 3.74. The quantitative estimate of drug-likeness (QED) is 0.164. The van der Waals surface area contributed by atoms with Gasteiger partial charge in [0.1, 0.15) is 11.9 Å². The number of guanidine groups is 1. The Balaban J connectivity index is 1.91. The Kier molecular flexibility index (Phi) is 9.34. The topological polar surface area (TPSA) is 91.5 Å². The summed E-state index contributed by atoms with van der Waals surface area (Å²) in [6.45, 7) is 0. The number of amides is 1. The normalized spacial score (nSPS) is 16.7. The van der Waals surface area contributed by atoms with Crippen molar-refractivity contribution in [3.05, 3.63) is 63.9 Å². The molecule has 2 aromatic carbocycles. The maximum atomic E-state index is 13.9. The van der Waals surface area contributed by atoms with E-state index < -0.39 is 36.5 Å². The summed E-state index contributed by atoms with van der Waals surface area (Å²) in [5.41, 5.74) is 5.68. The lowest BCUT2D eigenvalue weighted by Crippen LogP contribution is -2.55. The molecule has 2 unspecified atom stereocenters. The van der Waals surface area contributed by atoms with Gasteiger partial charge >= 0.3 is 6.18 Å². The first-order valence-corrected chi connectivity index (χ1v) is 11.7. The monoisotopic (exact) mass is 533 g/mol. The zero-order valence-electron chi connectivity index (χ0n) is 18.5. The van der Waals surface area contributed by atoms with Crippen LogP contribution in [-0.4, -0.2) is 36.3 Å². The number of anilines is 1. The number of halogens is 6. The second-order valence-corrected chi connectivity index (χ2v) is 9.16. The molecule has 0 heterocycles. The summed E-state index contributed by atoms with van der Waals surface area (Å²) >= 11 is 11.9. The zero-order chi connectivity index (χ0) is 25.6. The smallest absolute Gasteiger partial charge is 0.340 e. The van der Waals surface area contributed by atoms with Crippen molar-refractivity contribution in [1.29, 1.82) is 0 Å². The molecule has 2 atom stereocenters. The van der Waals surface area contributed by atoms with E-state index in [-0.39, 0.29) is 28.3 Å². The highest BCUT2D eigenvalue weighted by atomic mass is 35.5. The number of hydrogen-bond acceptors (Lipinski definition) is 3. The van der Waals surface area contributed by atoms with E-state index in [0.29, 0.717) is 5.02 Å². The predicted molar refractivity (Wildman–Crippen MR) is 129 cm³/mol. The van der Waals surface area contributed by atoms with Gasteiger partial charge in [0.25, 0.3) is 5.91 Å². The summed E-state index contributed by atoms with van der Waals surface area (Å²) in [5.74, 6) is -1.58. The second-order valence-electron chi connectivity index (χ2n) is 8.29. The maximum Gasteiger partial charge on any atom is 0.403 e. The first-order valence-electron chi connectivity index (χ1n) is 11.0. The van der Waals surface area contributed by atoms with Gasteiger partial charge in [-0.15, -0.1) is 0 Å². The molecule has 12 heteroatoms. The standard InChI is InChI=1S/C23H25Cl2F4N5O/c24-14-5-3-4-13(8-14)21(35)34-22(32-18-10-15(25)9-16(26)11-18)33-20(12-19(30)23(27,28)29)31-17-6-1-2-7-17/h3-5,8-11,17,19-20,31H,1-2,6-7,12,30H2,(H2,32,33,34,35). The molecular weight excluding hydrogens is 509 g/mol. The van der Waals surface area contributed by atoms with Gasteiger partial charge < -0.3 is 16.4 Å². The molecule has 1 aliphatic rings. The number of aliphatic imine (C=N–C) groups is 1. The highest BCUT2D eigenvalue weighted by Gasteiger charge is 2.38. The largest absolute Gasteiger partial charge is 0.403 e. The van der Waals surface area contributed by atoms with Crippen LogP contribution in [0.1, 0.15) is 42.5 Å². The number of nitrogens with two attached hydrogens (primary N) is 1. The van der Waals surface area contributed by atoms with E-state index in [1.807, 2.05) is 0 Å². The van der Waals surface area contributed by atoms with Crippen molar-refractivity contribution in [3.8, 4) is 0 Å². The van der Waals surface area contributed by atoms with Crippen LogP contribution in [0.4, 0.5) is 23.2 Å². The highest BCUT2D eigenvalue weighted by molar-refractivity contribution is 6.31. The fourth-order valence-corrected chi connectivity index (χ4v) is 4.16. The Morgan fingerprint density at radius 3 is 2.46 bits per heavy atom. The van der Waals surface area contributed by atoms with Crippen LogP contribution in [-0.2, 0) is 0 Å². The third-order valence-corrected chi connectivity index (χ3v) is 5.88. The Morgan fingerprint density at radius 2 is 1.83 bits per heavy atom. The maximum absolute atomic E-state index is 13.9. The van der Waals surface area contributed by atoms with Crippen LogP contribution in [0.15, 0.2) is 47.5 Å². The molecule has 1 amide bonds. The van der Waals surface area contributed by atoms with Crippen molar-refractivity contribution >= 4 is 40.8 Å². The average molecular weight is 534 g/mol. The van der Waals surface area contributed by atoms with Gasteiger partial charge in [0.05, 0.1) is 6.17 Å². The third-order valence-electron chi connectivity index (χ3n) is 5.42. The van der Waals surface area contributed by atoms with Crippen LogP contribution >= 0.6 is 23.2 Å². The lowest BCUT2D eigenvalue weighted by atomic mass is 10.1. The number of nitrogens with zero attached hydrogens (tertiary/aromatic N) is 1. The molecule has 35 heavy (non-hydrogen) atoms. The summed E-state index contributed by atoms with van der Waals surface area (Å²) in [6.07, 6.45) is -2.66. The van der Waals surface area contributed by atoms with Gasteiger partial charge in [-0.1, -0.05) is 42.1 Å². The molecule has 0 radical (unpaired) electrons. The molecule has 1 aliphatic carbocycles. The van der Waals surface area contributed by atoms with E-state index in [0.717, 1.165) is 37.8 Å². The molecule has 0 bridgehead atoms. The van der Waals surface area contributed by atoms with Crippen molar-refractivity contribution in [3.63, 3.8) is 0 Å². The number of nitrogens with one attached hydrogen (secondary N) is 3. The molecular formula is C23H25Cl2F4N5O. The van der Waals surface area contributed by atoms with Crippen LogP contribution < -0.4 is 21.7 Å². The SMILES string of the molecule is NC(CC(N/C(=N\C(=O)c1cccc(Cl)c1)Nc1cc(F)cc(Cl)c1)NC1CCCC1)C(F)(F)F. The highest BCUT2D eigenvalue weighted by Crippen LogP contribution is 2.24. The molecule has 0 saturated heterocycles. The molecule has 2 aromatic rings. The fraction of sp³-hybridized carbons (Fsp3) is 0.391. The number of carbonyl (C=O) groups is 1. The van der Waals surface area contributed by atoms with E-state index in [4.69, 9.17) is 28.9 Å². The van der Waals surface area contributed by atoms with E-state index in [2.05, 4.69) is 20.9 Å². The van der Waals surface area contributed by atoms with Gasteiger partial charge in [-0.2, -0.15) is 18.2 Å². The molecule has 0 aromatic heterocycles. The van der Waals surface area contributed by atoms with Gasteiger partial charge in [0, 0.05) is 33.8 Å². The van der Waals surface area contributed by atoms with E-state index >= 15 is 0 Å². The first-order chi connectivity index (χ1) is 16.5. The number of alkyl halides is 3. The van der Waals surface area contributed by atoms with Gasteiger partial charge in [0.15, 0.2) is 0 Å². The minimum absolute atomic E-state index is 0.0265. The van der Waals surface area contributed by atoms with Crippen LogP contribution in [0.2, 0.25) is 10.0 Å². The van der Waals surface area contributed by atoms with Gasteiger partial charge in [0.2, 0.25) is 5.96 Å². The van der Waals surface area contributed by atoms with Gasteiger partial charge in [-0.3, -0.25) is 10.1 Å². The van der Waals surface area contributed by atoms with Crippen molar-refractivity contribution in [1.82, 2.24) is 10.6 Å². The Morgan fingerprint density at radius 1 is 1.11 bits per heavy atom. The Bertz CT molecular complexity index is 1040. The summed E-state index contributed by atoms with van der Waals surface area (Å²) in [7, 11) is 0. The van der Waals surface area contributed by atoms with Crippen molar-refractivity contribution in [2.75, 3.05) is 5.32 Å². The molecule has 5 N–H and O–H groups in total. The summed E-state index contributed by atoms with van der Waals surface area (Å²) in [6, 6.07) is 7.45. The molecule has 190 valence electrons. The second kappa shape index (κ2) is 12.0. The summed E-state index contributed by atoms with van der Waals surface area (Å²) < 4.78 is 53.5. The van der Waals surface area contributed by atoms with Crippen LogP contribution in [0, 0.1) is 5.82 Å². The Labute approximate surface area is 210 Å². The zero-order valence-corrected chi connectivity index (χ0v) is 20.0. The molecule has 1 fully saturated rings. The summed E-state index contributed by atoms with van der Waals surface area (Å²) in [5, 5.41) is 9.08. The van der Waals surface area contributed by atoms with Crippen LogP contribution in [0.5, 0.6) is 0 Å². The van der Waals surface area contributed by atoms with Crippen LogP contribution in [0.3, 0.4) is 0 Å². The molecule has 3 rings (SSSR count). The predicted octanol–water partition coefficient (Wildman–Crippen LogP) is 5.47. The lowest BCUT2D eigenvalue weighted by molar-refractivity contribution is -0.150. The first kappa shape index (κ1) is 27.2. The minimum atomic E-state index is -4.62. The van der Waals surface area contributed by atoms with E-state index in [9.17, 15) is 22.4 Å². The number of rotatable bonds is 7. The number of hydrogen-bond donors (Lipinski definition) is 4. The average Bonchev–Trinajstić information content (AvgIpc) is 3.25. The van der Waals surface area contributed by atoms with Crippen molar-refractivity contribution < 1.29 is 22.4 Å². The number of benzene rings is 2. The Hall–Kier alpha value is -2.40. The molecule has 0 spiro atoms. The van der Waals surface area contributed by atoms with Crippen LogP contribution in [0.25, 0.3) is 0 Å². The lowest BCUT2D eigenvalue weighted by Gasteiger charge is -2.28. The van der Waals surface area contributed by atoms with E-state index in [1.54, 1.807) is 12.1 Å². The molecule has 1 saturated carbocycles. The minimum Gasteiger partial charge on any atom is -0.340 e.